The van der Waals surface area contributed by atoms with Gasteiger partial charge in [0.15, 0.2) is 0 Å². The second-order valence-corrected chi connectivity index (χ2v) is 8.91. The number of anilines is 1. The van der Waals surface area contributed by atoms with Crippen LogP contribution in [0.2, 0.25) is 0 Å². The number of aliphatic hydroxyl groups excluding tert-OH is 1. The molecule has 4 rings (SSSR count). The van der Waals surface area contributed by atoms with E-state index in [-0.39, 0.29) is 5.91 Å². The largest absolute Gasteiger partial charge is 0.455 e. The molecule has 3 aromatic carbocycles. The fraction of sp³-hybridized carbons (Fsp3) is 0.233. The molecule has 1 aromatic heterocycles. The summed E-state index contributed by atoms with van der Waals surface area (Å²) in [5, 5.41) is 15.0. The number of amides is 2. The van der Waals surface area contributed by atoms with Gasteiger partial charge in [0, 0.05) is 54.0 Å². The molecular formula is C30H30FN3O5. The average Bonchev–Trinajstić information content (AvgIpc) is 3.34. The number of nitrogens with one attached hydrogen (secondary N) is 2. The van der Waals surface area contributed by atoms with E-state index in [1.165, 1.54) is 19.2 Å². The van der Waals surface area contributed by atoms with Gasteiger partial charge in [-0.3, -0.25) is 9.59 Å². The van der Waals surface area contributed by atoms with Crippen molar-refractivity contribution in [2.45, 2.75) is 19.9 Å². The molecule has 0 aliphatic rings. The van der Waals surface area contributed by atoms with Crippen LogP contribution in [-0.4, -0.2) is 56.0 Å². The molecule has 0 radical (unpaired) electrons. The molecule has 0 aliphatic heterocycles. The van der Waals surface area contributed by atoms with Crippen LogP contribution in [0, 0.1) is 5.82 Å². The summed E-state index contributed by atoms with van der Waals surface area (Å²) in [6.45, 7) is 4.94. The fourth-order valence-electron chi connectivity index (χ4n) is 4.55. The van der Waals surface area contributed by atoms with Gasteiger partial charge in [-0.15, -0.1) is 0 Å². The summed E-state index contributed by atoms with van der Waals surface area (Å²) < 4.78 is 19.8. The number of halogens is 1. The lowest BCUT2D eigenvalue weighted by Gasteiger charge is -2.24. The van der Waals surface area contributed by atoms with Gasteiger partial charge in [0.05, 0.1) is 12.2 Å². The second kappa shape index (κ2) is 11.9. The Morgan fingerprint density at radius 2 is 1.74 bits per heavy atom. The minimum atomic E-state index is -1.00. The van der Waals surface area contributed by atoms with E-state index < -0.39 is 24.4 Å². The molecule has 0 saturated carbocycles. The van der Waals surface area contributed by atoms with Crippen molar-refractivity contribution >= 4 is 34.8 Å². The van der Waals surface area contributed by atoms with E-state index in [1.807, 2.05) is 32.0 Å². The number of hydrogen-bond acceptors (Lipinski definition) is 6. The number of benzene rings is 3. The van der Waals surface area contributed by atoms with Gasteiger partial charge >= 0.3 is 0 Å². The summed E-state index contributed by atoms with van der Waals surface area (Å²) in [6.07, 6.45) is 0.478. The molecule has 1 unspecified atom stereocenters. The van der Waals surface area contributed by atoms with Crippen molar-refractivity contribution in [2.75, 3.05) is 31.6 Å². The monoisotopic (exact) mass is 531 g/mol. The lowest BCUT2D eigenvalue weighted by molar-refractivity contribution is -0.110. The van der Waals surface area contributed by atoms with Crippen molar-refractivity contribution in [2.24, 2.45) is 0 Å². The highest BCUT2D eigenvalue weighted by atomic mass is 19.1. The molecule has 8 nitrogen and oxygen atoms in total. The minimum Gasteiger partial charge on any atom is -0.455 e. The van der Waals surface area contributed by atoms with Crippen LogP contribution < -0.4 is 15.5 Å². The predicted octanol–water partition coefficient (Wildman–Crippen LogP) is 4.40. The van der Waals surface area contributed by atoms with E-state index in [9.17, 15) is 23.9 Å². The standard InChI is InChI=1S/C30H30FN3O5/c1-4-34(5-2)25-15-26-24(27(30(38)32-3)28(39-26)18-9-11-21(31)12-10-18)14-23(25)19-7-6-8-20(13-19)29(37)33-22(16-35)17-36/h6-16,22,36H,4-5,17H2,1-3H3,(H,32,38)(H,33,37). The highest BCUT2D eigenvalue weighted by Gasteiger charge is 2.25. The topological polar surface area (TPSA) is 112 Å². The van der Waals surface area contributed by atoms with Crippen LogP contribution >= 0.6 is 0 Å². The van der Waals surface area contributed by atoms with Gasteiger partial charge in [0.25, 0.3) is 11.8 Å². The third kappa shape index (κ3) is 5.53. The summed E-state index contributed by atoms with van der Waals surface area (Å²) in [6, 6.07) is 15.4. The van der Waals surface area contributed by atoms with Crippen LogP contribution in [0.25, 0.3) is 33.4 Å². The number of hydrogen-bond donors (Lipinski definition) is 3. The molecule has 39 heavy (non-hydrogen) atoms. The Hall–Kier alpha value is -4.50. The summed E-state index contributed by atoms with van der Waals surface area (Å²) in [4.78, 5) is 39.1. The number of aliphatic hydroxyl groups is 1. The molecule has 0 spiro atoms. The third-order valence-electron chi connectivity index (χ3n) is 6.58. The Kier molecular flexibility index (Phi) is 8.41. The van der Waals surface area contributed by atoms with Gasteiger partial charge in [-0.25, -0.2) is 4.39 Å². The van der Waals surface area contributed by atoms with Gasteiger partial charge in [-0.1, -0.05) is 12.1 Å². The van der Waals surface area contributed by atoms with E-state index in [0.717, 1.165) is 11.3 Å². The van der Waals surface area contributed by atoms with Crippen LogP contribution in [0.4, 0.5) is 10.1 Å². The van der Waals surface area contributed by atoms with Crippen LogP contribution in [-0.2, 0) is 4.79 Å². The van der Waals surface area contributed by atoms with Gasteiger partial charge in [0.1, 0.15) is 29.5 Å². The lowest BCUT2D eigenvalue weighted by atomic mass is 9.96. The van der Waals surface area contributed by atoms with Crippen molar-refractivity contribution in [3.63, 3.8) is 0 Å². The minimum absolute atomic E-state index is 0.309. The summed E-state index contributed by atoms with van der Waals surface area (Å²) in [7, 11) is 1.53. The number of rotatable bonds is 10. The summed E-state index contributed by atoms with van der Waals surface area (Å²) in [5.74, 6) is -0.929. The van der Waals surface area contributed by atoms with Crippen molar-refractivity contribution in [3.05, 3.63) is 77.6 Å². The first-order valence-electron chi connectivity index (χ1n) is 12.7. The number of nitrogens with zero attached hydrogens (tertiary/aromatic N) is 1. The highest BCUT2D eigenvalue weighted by Crippen LogP contribution is 2.41. The average molecular weight is 532 g/mol. The van der Waals surface area contributed by atoms with Gasteiger partial charge in [-0.2, -0.15) is 0 Å². The van der Waals surface area contributed by atoms with E-state index in [4.69, 9.17) is 4.42 Å². The zero-order valence-electron chi connectivity index (χ0n) is 22.0. The number of aldehydes is 1. The second-order valence-electron chi connectivity index (χ2n) is 8.91. The Morgan fingerprint density at radius 1 is 1.03 bits per heavy atom. The number of carbonyl (C=O) groups is 3. The smallest absolute Gasteiger partial charge is 0.255 e. The highest BCUT2D eigenvalue weighted by molar-refractivity contribution is 6.13. The van der Waals surface area contributed by atoms with Crippen LogP contribution in [0.5, 0.6) is 0 Å². The summed E-state index contributed by atoms with van der Waals surface area (Å²) in [5.41, 5.74) is 4.00. The molecule has 0 bridgehead atoms. The zero-order valence-corrected chi connectivity index (χ0v) is 22.0. The van der Waals surface area contributed by atoms with Gasteiger partial charge < -0.3 is 29.9 Å². The van der Waals surface area contributed by atoms with Gasteiger partial charge in [-0.05, 0) is 61.9 Å². The van der Waals surface area contributed by atoms with E-state index in [2.05, 4.69) is 15.5 Å². The van der Waals surface area contributed by atoms with E-state index in [0.29, 0.717) is 58.4 Å². The number of fused-ring (bicyclic) bond motifs is 1. The fourth-order valence-corrected chi connectivity index (χ4v) is 4.55. The molecule has 2 amide bonds. The molecule has 1 atom stereocenters. The maximum atomic E-state index is 13.6. The Balaban J connectivity index is 1.94. The van der Waals surface area contributed by atoms with Crippen LogP contribution in [0.1, 0.15) is 34.6 Å². The third-order valence-corrected chi connectivity index (χ3v) is 6.58. The first-order valence-corrected chi connectivity index (χ1v) is 12.7. The first-order chi connectivity index (χ1) is 18.8. The molecular weight excluding hydrogens is 501 g/mol. The molecule has 0 saturated heterocycles. The maximum absolute atomic E-state index is 13.6. The zero-order chi connectivity index (χ0) is 28.1. The Morgan fingerprint density at radius 3 is 2.36 bits per heavy atom. The van der Waals surface area contributed by atoms with Crippen molar-refractivity contribution in [3.8, 4) is 22.5 Å². The quantitative estimate of drug-likeness (QED) is 0.262. The predicted molar refractivity (Wildman–Crippen MR) is 148 cm³/mol. The molecule has 1 heterocycles. The molecule has 3 N–H and O–H groups in total. The van der Waals surface area contributed by atoms with Crippen molar-refractivity contribution < 1.29 is 28.3 Å². The molecule has 4 aromatic rings. The molecule has 0 fully saturated rings. The van der Waals surface area contributed by atoms with Gasteiger partial charge in [0.2, 0.25) is 0 Å². The van der Waals surface area contributed by atoms with E-state index >= 15 is 0 Å². The normalized spacial score (nSPS) is 11.7. The van der Waals surface area contributed by atoms with E-state index in [1.54, 1.807) is 30.3 Å². The SMILES string of the molecule is CCN(CC)c1cc2oc(-c3ccc(F)cc3)c(C(=O)NC)c2cc1-c1cccc(C(=O)NC(C=O)CO)c1. The maximum Gasteiger partial charge on any atom is 0.255 e. The number of carbonyl (C=O) groups excluding carboxylic acids is 3. The van der Waals surface area contributed by atoms with Crippen LogP contribution in [0.3, 0.4) is 0 Å². The first kappa shape index (κ1) is 27.5. The molecule has 9 heteroatoms. The van der Waals surface area contributed by atoms with Crippen molar-refractivity contribution in [1.29, 1.82) is 0 Å². The number of furan rings is 1. The van der Waals surface area contributed by atoms with Crippen LogP contribution in [0.15, 0.2) is 65.1 Å². The molecule has 202 valence electrons. The Bertz CT molecular complexity index is 1510. The molecule has 0 aliphatic carbocycles. The Labute approximate surface area is 225 Å². The lowest BCUT2D eigenvalue weighted by Crippen LogP contribution is -2.38. The summed E-state index contributed by atoms with van der Waals surface area (Å²) >= 11 is 0. The van der Waals surface area contributed by atoms with Crippen molar-refractivity contribution in [1.82, 2.24) is 10.6 Å².